The van der Waals surface area contributed by atoms with Crippen LogP contribution in [0.15, 0.2) is 35.7 Å². The van der Waals surface area contributed by atoms with E-state index in [1.54, 1.807) is 4.90 Å². The number of carbonyl (C=O) groups excluding carboxylic acids is 3. The van der Waals surface area contributed by atoms with Crippen LogP contribution >= 0.6 is 11.3 Å². The van der Waals surface area contributed by atoms with Crippen molar-refractivity contribution >= 4 is 34.9 Å². The largest absolute Gasteiger partial charge is 0.339 e. The molecule has 0 bridgehead atoms. The molecule has 0 radical (unpaired) electrons. The fourth-order valence-corrected chi connectivity index (χ4v) is 5.01. The molecule has 0 saturated carbocycles. The van der Waals surface area contributed by atoms with Gasteiger partial charge in [-0.3, -0.25) is 9.59 Å². The number of benzene rings is 1. The fraction of sp³-hybridized carbons (Fsp3) is 0.478. The molecule has 32 heavy (non-hydrogen) atoms. The van der Waals surface area contributed by atoms with E-state index in [2.05, 4.69) is 10.3 Å². The van der Waals surface area contributed by atoms with Gasteiger partial charge in [-0.25, -0.2) is 9.78 Å². The molecule has 2 aliphatic rings. The number of hydrogen-bond donors (Lipinski definition) is 1. The molecular formula is C23H29N5O3S. The first-order valence-corrected chi connectivity index (χ1v) is 12.0. The van der Waals surface area contributed by atoms with Crippen LogP contribution in [0.1, 0.15) is 23.5 Å². The minimum Gasteiger partial charge on any atom is -0.339 e. The number of anilines is 1. The van der Waals surface area contributed by atoms with E-state index in [4.69, 9.17) is 0 Å². The molecule has 4 rings (SSSR count). The molecule has 9 heteroatoms. The van der Waals surface area contributed by atoms with Crippen LogP contribution in [-0.2, 0) is 16.0 Å². The highest BCUT2D eigenvalue weighted by Gasteiger charge is 2.33. The van der Waals surface area contributed by atoms with Crippen LogP contribution in [0.25, 0.3) is 0 Å². The molecule has 170 valence electrons. The van der Waals surface area contributed by atoms with E-state index < -0.39 is 0 Å². The number of urea groups is 1. The summed E-state index contributed by atoms with van der Waals surface area (Å²) in [6.45, 7) is 5.16. The molecule has 3 heterocycles. The van der Waals surface area contributed by atoms with E-state index in [0.29, 0.717) is 45.7 Å². The average Bonchev–Trinajstić information content (AvgIpc) is 3.23. The average molecular weight is 456 g/mol. The number of piperazine rings is 1. The molecule has 2 aliphatic heterocycles. The molecule has 1 aromatic carbocycles. The Morgan fingerprint density at radius 2 is 1.75 bits per heavy atom. The Hall–Kier alpha value is -2.94. The van der Waals surface area contributed by atoms with E-state index in [1.807, 2.05) is 52.4 Å². The van der Waals surface area contributed by atoms with Crippen LogP contribution in [-0.4, -0.2) is 76.8 Å². The Morgan fingerprint density at radius 3 is 2.44 bits per heavy atom. The normalized spacial score (nSPS) is 19.0. The quantitative estimate of drug-likeness (QED) is 0.768. The highest BCUT2D eigenvalue weighted by Crippen LogP contribution is 2.21. The second kappa shape index (κ2) is 10.1. The minimum absolute atomic E-state index is 0.0628. The summed E-state index contributed by atoms with van der Waals surface area (Å²) < 4.78 is 0. The number of aryl methyl sites for hydroxylation is 1. The van der Waals surface area contributed by atoms with E-state index in [1.165, 1.54) is 11.3 Å². The Labute approximate surface area is 192 Å². The van der Waals surface area contributed by atoms with Gasteiger partial charge >= 0.3 is 6.03 Å². The van der Waals surface area contributed by atoms with E-state index in [-0.39, 0.29) is 23.8 Å². The standard InChI is InChI=1S/C23H29N5O3S/c1-17-16-32-20(24-17)14-21(29)26-10-12-27(13-11-26)22(30)18-6-5-9-28(15-18)23(31)25-19-7-3-2-4-8-19/h2-4,7-8,16,18H,5-6,9-15H2,1H3,(H,25,31)/t18-/m0/s1. The predicted molar refractivity (Wildman–Crippen MR) is 123 cm³/mol. The lowest BCUT2D eigenvalue weighted by atomic mass is 9.96. The number of amides is 4. The molecule has 1 atom stereocenters. The topological polar surface area (TPSA) is 85.9 Å². The third-order valence-corrected chi connectivity index (χ3v) is 6.96. The summed E-state index contributed by atoms with van der Waals surface area (Å²) in [7, 11) is 0. The van der Waals surface area contributed by atoms with Gasteiger partial charge in [0.1, 0.15) is 5.01 Å². The summed E-state index contributed by atoms with van der Waals surface area (Å²) in [5, 5.41) is 5.69. The molecule has 0 unspecified atom stereocenters. The molecule has 4 amide bonds. The van der Waals surface area contributed by atoms with Gasteiger partial charge in [0.2, 0.25) is 11.8 Å². The summed E-state index contributed by atoms with van der Waals surface area (Å²) in [6.07, 6.45) is 1.92. The van der Waals surface area contributed by atoms with Crippen LogP contribution in [0.3, 0.4) is 0 Å². The zero-order valence-corrected chi connectivity index (χ0v) is 19.1. The first-order chi connectivity index (χ1) is 15.5. The van der Waals surface area contributed by atoms with Crippen LogP contribution in [0, 0.1) is 12.8 Å². The van der Waals surface area contributed by atoms with Gasteiger partial charge in [0.25, 0.3) is 0 Å². The molecule has 1 aromatic heterocycles. The number of likely N-dealkylation sites (tertiary alicyclic amines) is 1. The van der Waals surface area contributed by atoms with Crippen LogP contribution in [0.2, 0.25) is 0 Å². The third-order valence-electron chi connectivity index (χ3n) is 6.00. The predicted octanol–water partition coefficient (Wildman–Crippen LogP) is 2.61. The van der Waals surface area contributed by atoms with Crippen molar-refractivity contribution in [3.63, 3.8) is 0 Å². The molecule has 0 spiro atoms. The molecular weight excluding hydrogens is 426 g/mol. The summed E-state index contributed by atoms with van der Waals surface area (Å²) in [5.74, 6) is -0.0384. The minimum atomic E-state index is -0.189. The first kappa shape index (κ1) is 22.3. The second-order valence-electron chi connectivity index (χ2n) is 8.35. The lowest BCUT2D eigenvalue weighted by Gasteiger charge is -2.39. The number of nitrogens with zero attached hydrogens (tertiary/aromatic N) is 4. The van der Waals surface area contributed by atoms with Crippen molar-refractivity contribution in [2.75, 3.05) is 44.6 Å². The van der Waals surface area contributed by atoms with Crippen molar-refractivity contribution in [2.45, 2.75) is 26.2 Å². The second-order valence-corrected chi connectivity index (χ2v) is 9.29. The monoisotopic (exact) mass is 455 g/mol. The van der Waals surface area contributed by atoms with Crippen molar-refractivity contribution in [1.29, 1.82) is 0 Å². The number of aromatic nitrogens is 1. The maximum atomic E-state index is 13.1. The van der Waals surface area contributed by atoms with Gasteiger partial charge in [0.05, 0.1) is 12.3 Å². The summed E-state index contributed by atoms with van der Waals surface area (Å²) in [6, 6.07) is 9.18. The number of para-hydroxylation sites is 1. The highest BCUT2D eigenvalue weighted by atomic mass is 32.1. The molecule has 8 nitrogen and oxygen atoms in total. The zero-order valence-electron chi connectivity index (χ0n) is 18.3. The smallest absolute Gasteiger partial charge is 0.321 e. The first-order valence-electron chi connectivity index (χ1n) is 11.1. The Kier molecular flexibility index (Phi) is 7.04. The fourth-order valence-electron chi connectivity index (χ4n) is 4.25. The summed E-state index contributed by atoms with van der Waals surface area (Å²) in [4.78, 5) is 48.1. The number of hydrogen-bond acceptors (Lipinski definition) is 5. The Bertz CT molecular complexity index is 956. The maximum absolute atomic E-state index is 13.1. The number of carbonyl (C=O) groups is 3. The van der Waals surface area contributed by atoms with E-state index in [0.717, 1.165) is 29.2 Å². The third kappa shape index (κ3) is 5.45. The zero-order chi connectivity index (χ0) is 22.5. The molecule has 2 fully saturated rings. The van der Waals surface area contributed by atoms with Gasteiger partial charge in [-0.15, -0.1) is 11.3 Å². The molecule has 1 N–H and O–H groups in total. The number of rotatable bonds is 4. The highest BCUT2D eigenvalue weighted by molar-refractivity contribution is 7.09. The Balaban J connectivity index is 1.26. The van der Waals surface area contributed by atoms with E-state index >= 15 is 0 Å². The van der Waals surface area contributed by atoms with Gasteiger partial charge < -0.3 is 20.0 Å². The van der Waals surface area contributed by atoms with Crippen molar-refractivity contribution in [3.8, 4) is 0 Å². The van der Waals surface area contributed by atoms with Gasteiger partial charge in [-0.2, -0.15) is 0 Å². The van der Waals surface area contributed by atoms with Crippen LogP contribution < -0.4 is 5.32 Å². The van der Waals surface area contributed by atoms with Gasteiger partial charge in [0, 0.05) is 56.0 Å². The molecule has 2 saturated heterocycles. The SMILES string of the molecule is Cc1csc(CC(=O)N2CCN(C(=O)[C@H]3CCCN(C(=O)Nc4ccccc4)C3)CC2)n1. The van der Waals surface area contributed by atoms with Gasteiger partial charge in [-0.1, -0.05) is 18.2 Å². The summed E-state index contributed by atoms with van der Waals surface area (Å²) >= 11 is 1.51. The van der Waals surface area contributed by atoms with Gasteiger partial charge in [0.15, 0.2) is 0 Å². The van der Waals surface area contributed by atoms with Crippen molar-refractivity contribution < 1.29 is 14.4 Å². The number of piperidine rings is 1. The maximum Gasteiger partial charge on any atom is 0.321 e. The lowest BCUT2D eigenvalue weighted by Crippen LogP contribution is -2.54. The van der Waals surface area contributed by atoms with Crippen molar-refractivity contribution in [1.82, 2.24) is 19.7 Å². The van der Waals surface area contributed by atoms with E-state index in [9.17, 15) is 14.4 Å². The molecule has 2 aromatic rings. The van der Waals surface area contributed by atoms with Gasteiger partial charge in [-0.05, 0) is 31.9 Å². The number of thiazole rings is 1. The number of nitrogens with one attached hydrogen (secondary N) is 1. The summed E-state index contributed by atoms with van der Waals surface area (Å²) in [5.41, 5.74) is 1.69. The lowest BCUT2D eigenvalue weighted by molar-refractivity contribution is -0.142. The Morgan fingerprint density at radius 1 is 1.03 bits per heavy atom. The van der Waals surface area contributed by atoms with Crippen molar-refractivity contribution in [2.24, 2.45) is 5.92 Å². The van der Waals surface area contributed by atoms with Crippen molar-refractivity contribution in [3.05, 3.63) is 46.4 Å². The van der Waals surface area contributed by atoms with Crippen LogP contribution in [0.4, 0.5) is 10.5 Å². The van der Waals surface area contributed by atoms with Crippen LogP contribution in [0.5, 0.6) is 0 Å². The molecule has 0 aliphatic carbocycles.